The molecule has 0 atom stereocenters. The highest BCUT2D eigenvalue weighted by Gasteiger charge is 2.22. The molecular weight excluding hydrogens is 322 g/mol. The van der Waals surface area contributed by atoms with Crippen LogP contribution >= 0.6 is 39.0 Å². The molecule has 0 amide bonds. The minimum atomic E-state index is 0.468. The summed E-state index contributed by atoms with van der Waals surface area (Å²) in [4.78, 5) is 4.34. The van der Waals surface area contributed by atoms with Crippen LogP contribution in [0.15, 0.2) is 19.5 Å². The summed E-state index contributed by atoms with van der Waals surface area (Å²) in [5.41, 5.74) is 0. The topological polar surface area (TPSA) is 56.5 Å². The molecule has 1 fully saturated rings. The lowest BCUT2D eigenvalue weighted by Crippen LogP contribution is -2.08. The molecule has 0 unspecified atom stereocenters. The fraction of sp³-hybridized carbons (Fsp3) is 0.556. The average Bonchev–Trinajstić information content (AvgIpc) is 3.00. The second kappa shape index (κ2) is 5.03. The van der Waals surface area contributed by atoms with Crippen LogP contribution in [0.25, 0.3) is 0 Å². The van der Waals surface area contributed by atoms with Gasteiger partial charge in [0.25, 0.3) is 0 Å². The van der Waals surface area contributed by atoms with Gasteiger partial charge < -0.3 is 0 Å². The SMILES string of the molecule is Brc1csc(Sc2nnnn2C2CCCC2)n1. The van der Waals surface area contributed by atoms with Crippen molar-refractivity contribution in [2.75, 3.05) is 0 Å². The molecule has 0 saturated heterocycles. The molecule has 1 saturated carbocycles. The summed E-state index contributed by atoms with van der Waals surface area (Å²) in [6.07, 6.45) is 4.91. The summed E-state index contributed by atoms with van der Waals surface area (Å²) in [6.45, 7) is 0. The van der Waals surface area contributed by atoms with Gasteiger partial charge in [-0.2, -0.15) is 0 Å². The lowest BCUT2D eigenvalue weighted by Gasteiger charge is -2.09. The third-order valence-corrected chi connectivity index (χ3v) is 5.37. The van der Waals surface area contributed by atoms with Gasteiger partial charge in [0.05, 0.1) is 6.04 Å². The molecule has 17 heavy (non-hydrogen) atoms. The minimum Gasteiger partial charge on any atom is -0.222 e. The van der Waals surface area contributed by atoms with Crippen LogP contribution < -0.4 is 0 Å². The van der Waals surface area contributed by atoms with Gasteiger partial charge in [-0.25, -0.2) is 9.67 Å². The summed E-state index contributed by atoms with van der Waals surface area (Å²) in [6, 6.07) is 0.468. The van der Waals surface area contributed by atoms with Gasteiger partial charge in [0, 0.05) is 5.38 Å². The van der Waals surface area contributed by atoms with E-state index in [1.165, 1.54) is 37.4 Å². The Hall–Kier alpha value is -0.470. The maximum atomic E-state index is 4.34. The number of hydrogen-bond donors (Lipinski definition) is 0. The molecule has 0 aliphatic heterocycles. The molecule has 0 radical (unpaired) electrons. The van der Waals surface area contributed by atoms with Gasteiger partial charge in [-0.15, -0.1) is 16.4 Å². The van der Waals surface area contributed by atoms with E-state index in [2.05, 4.69) is 36.4 Å². The summed E-state index contributed by atoms with van der Waals surface area (Å²) >= 11 is 6.48. The van der Waals surface area contributed by atoms with Crippen LogP contribution in [0.2, 0.25) is 0 Å². The van der Waals surface area contributed by atoms with Crippen molar-refractivity contribution in [1.29, 1.82) is 0 Å². The number of thiazole rings is 1. The number of halogens is 1. The minimum absolute atomic E-state index is 0.468. The van der Waals surface area contributed by atoms with E-state index in [4.69, 9.17) is 0 Å². The van der Waals surface area contributed by atoms with Gasteiger partial charge in [-0.05, 0) is 51.0 Å². The van der Waals surface area contributed by atoms with Crippen molar-refractivity contribution in [3.8, 4) is 0 Å². The van der Waals surface area contributed by atoms with Gasteiger partial charge in [-0.3, -0.25) is 0 Å². The fourth-order valence-corrected chi connectivity index (χ4v) is 4.31. The fourth-order valence-electron chi connectivity index (χ4n) is 1.99. The van der Waals surface area contributed by atoms with Crippen molar-refractivity contribution in [3.05, 3.63) is 9.98 Å². The molecule has 90 valence electrons. The van der Waals surface area contributed by atoms with Gasteiger partial charge in [0.1, 0.15) is 4.60 Å². The summed E-state index contributed by atoms with van der Waals surface area (Å²) in [7, 11) is 0. The third-order valence-electron chi connectivity index (χ3n) is 2.77. The van der Waals surface area contributed by atoms with Crippen LogP contribution in [-0.2, 0) is 0 Å². The second-order valence-corrected chi connectivity index (χ2v) is 6.77. The first-order valence-corrected chi connectivity index (χ1v) is 7.88. The number of hydrogen-bond acceptors (Lipinski definition) is 6. The molecule has 3 rings (SSSR count). The van der Waals surface area contributed by atoms with Crippen molar-refractivity contribution < 1.29 is 0 Å². The zero-order chi connectivity index (χ0) is 11.7. The van der Waals surface area contributed by atoms with Gasteiger partial charge in [0.15, 0.2) is 4.34 Å². The van der Waals surface area contributed by atoms with Crippen molar-refractivity contribution in [2.24, 2.45) is 0 Å². The summed E-state index contributed by atoms with van der Waals surface area (Å²) < 4.78 is 3.78. The predicted molar refractivity (Wildman–Crippen MR) is 69.3 cm³/mol. The first-order valence-electron chi connectivity index (χ1n) is 5.39. The maximum absolute atomic E-state index is 4.34. The highest BCUT2D eigenvalue weighted by molar-refractivity contribution is 9.10. The predicted octanol–water partition coefficient (Wildman–Crippen LogP) is 3.16. The number of aromatic nitrogens is 5. The number of nitrogens with zero attached hydrogens (tertiary/aromatic N) is 5. The third kappa shape index (κ3) is 2.53. The first kappa shape index (κ1) is 11.6. The molecule has 1 aliphatic rings. The lowest BCUT2D eigenvalue weighted by molar-refractivity contribution is 0.423. The van der Waals surface area contributed by atoms with E-state index >= 15 is 0 Å². The summed E-state index contributed by atoms with van der Waals surface area (Å²) in [5.74, 6) is 0. The Morgan fingerprint density at radius 2 is 2.24 bits per heavy atom. The van der Waals surface area contributed by atoms with E-state index in [1.54, 1.807) is 11.3 Å². The monoisotopic (exact) mass is 331 g/mol. The largest absolute Gasteiger partial charge is 0.222 e. The van der Waals surface area contributed by atoms with E-state index in [0.717, 1.165) is 14.1 Å². The quantitative estimate of drug-likeness (QED) is 0.864. The van der Waals surface area contributed by atoms with Crippen LogP contribution in [0.5, 0.6) is 0 Å². The highest BCUT2D eigenvalue weighted by Crippen LogP contribution is 2.35. The first-order chi connectivity index (χ1) is 8.33. The van der Waals surface area contributed by atoms with E-state index in [0.29, 0.717) is 6.04 Å². The molecule has 8 heteroatoms. The van der Waals surface area contributed by atoms with Gasteiger partial charge >= 0.3 is 0 Å². The molecule has 1 aliphatic carbocycles. The lowest BCUT2D eigenvalue weighted by atomic mass is 10.3. The highest BCUT2D eigenvalue weighted by atomic mass is 79.9. The van der Waals surface area contributed by atoms with E-state index in [1.807, 2.05) is 10.1 Å². The maximum Gasteiger partial charge on any atom is 0.216 e. The molecule has 0 spiro atoms. The molecule has 0 N–H and O–H groups in total. The second-order valence-electron chi connectivity index (χ2n) is 3.88. The summed E-state index contributed by atoms with van der Waals surface area (Å²) in [5, 5.41) is 14.8. The number of rotatable bonds is 3. The van der Waals surface area contributed by atoms with Crippen molar-refractivity contribution in [1.82, 2.24) is 25.2 Å². The standard InChI is InChI=1S/C9H10BrN5S2/c10-7-5-16-9(11-7)17-8-12-13-14-15(8)6-3-1-2-4-6/h5-6H,1-4H2. The normalized spacial score (nSPS) is 16.8. The van der Waals surface area contributed by atoms with Crippen molar-refractivity contribution >= 4 is 39.0 Å². The molecule has 2 heterocycles. The zero-order valence-electron chi connectivity index (χ0n) is 8.91. The van der Waals surface area contributed by atoms with Gasteiger partial charge in [0.2, 0.25) is 5.16 Å². The van der Waals surface area contributed by atoms with Crippen LogP contribution in [0.3, 0.4) is 0 Å². The van der Waals surface area contributed by atoms with Crippen LogP contribution in [0, 0.1) is 0 Å². The number of tetrazole rings is 1. The van der Waals surface area contributed by atoms with Crippen molar-refractivity contribution in [3.63, 3.8) is 0 Å². The smallest absolute Gasteiger partial charge is 0.216 e. The molecule has 0 bridgehead atoms. The molecule has 0 aromatic carbocycles. The Balaban J connectivity index is 1.81. The Labute approximate surface area is 115 Å². The zero-order valence-corrected chi connectivity index (χ0v) is 12.1. The molecule has 5 nitrogen and oxygen atoms in total. The Bertz CT molecular complexity index is 505. The molecule has 2 aromatic rings. The van der Waals surface area contributed by atoms with Crippen LogP contribution in [0.4, 0.5) is 0 Å². The van der Waals surface area contributed by atoms with E-state index < -0.39 is 0 Å². The molecular formula is C9H10BrN5S2. The van der Waals surface area contributed by atoms with Gasteiger partial charge in [-0.1, -0.05) is 12.8 Å². The average molecular weight is 332 g/mol. The van der Waals surface area contributed by atoms with Crippen molar-refractivity contribution in [2.45, 2.75) is 41.2 Å². The van der Waals surface area contributed by atoms with E-state index in [9.17, 15) is 0 Å². The van der Waals surface area contributed by atoms with Crippen LogP contribution in [0.1, 0.15) is 31.7 Å². The Kier molecular flexibility index (Phi) is 3.44. The molecule has 2 aromatic heterocycles. The van der Waals surface area contributed by atoms with Crippen LogP contribution in [-0.4, -0.2) is 25.2 Å². The Morgan fingerprint density at radius 3 is 2.94 bits per heavy atom. The van der Waals surface area contributed by atoms with E-state index in [-0.39, 0.29) is 0 Å². The Morgan fingerprint density at radius 1 is 1.41 bits per heavy atom.